The molecule has 0 bridgehead atoms. The van der Waals surface area contributed by atoms with Crippen molar-refractivity contribution in [1.29, 1.82) is 0 Å². The molecule has 66 valence electrons. The largest absolute Gasteiger partial charge is 0.508 e. The summed E-state index contributed by atoms with van der Waals surface area (Å²) in [7, 11) is 0. The molecule has 2 rings (SSSR count). The number of hydrogen-bond donors (Lipinski definition) is 1. The van der Waals surface area contributed by atoms with Gasteiger partial charge >= 0.3 is 0 Å². The van der Waals surface area contributed by atoms with Crippen LogP contribution in [-0.4, -0.2) is 5.11 Å². The molecular formula is C11H10O2. The second-order valence-electron chi connectivity index (χ2n) is 2.98. The third kappa shape index (κ3) is 1.43. The van der Waals surface area contributed by atoms with E-state index in [1.165, 1.54) is 0 Å². The van der Waals surface area contributed by atoms with Gasteiger partial charge in [-0.05, 0) is 30.7 Å². The van der Waals surface area contributed by atoms with E-state index in [9.17, 15) is 5.11 Å². The normalized spacial score (nSPS) is 10.2. The van der Waals surface area contributed by atoms with Crippen molar-refractivity contribution < 1.29 is 9.52 Å². The fourth-order valence-electron chi connectivity index (χ4n) is 1.21. The first-order valence-corrected chi connectivity index (χ1v) is 4.11. The molecule has 1 N–H and O–H groups in total. The van der Waals surface area contributed by atoms with Gasteiger partial charge in [-0.25, -0.2) is 0 Å². The van der Waals surface area contributed by atoms with Crippen LogP contribution in [0.4, 0.5) is 0 Å². The second-order valence-corrected chi connectivity index (χ2v) is 2.98. The lowest BCUT2D eigenvalue weighted by atomic mass is 10.1. The maximum Gasteiger partial charge on any atom is 0.133 e. The minimum atomic E-state index is 0.300. The Kier molecular flexibility index (Phi) is 1.81. The second kappa shape index (κ2) is 2.98. The van der Waals surface area contributed by atoms with Gasteiger partial charge in [-0.3, -0.25) is 0 Å². The van der Waals surface area contributed by atoms with Gasteiger partial charge in [-0.15, -0.1) is 0 Å². The number of furan rings is 1. The van der Waals surface area contributed by atoms with Crippen LogP contribution in [0.3, 0.4) is 0 Å². The minimum absolute atomic E-state index is 0.300. The average molecular weight is 174 g/mol. The number of phenolic OH excluding ortho intramolecular Hbond substituents is 1. The van der Waals surface area contributed by atoms with Gasteiger partial charge in [0.2, 0.25) is 0 Å². The highest BCUT2D eigenvalue weighted by atomic mass is 16.3. The Balaban J connectivity index is 2.49. The molecule has 0 aliphatic carbocycles. The van der Waals surface area contributed by atoms with Gasteiger partial charge in [0.25, 0.3) is 0 Å². The first-order valence-electron chi connectivity index (χ1n) is 4.11. The van der Waals surface area contributed by atoms with Gasteiger partial charge in [-0.1, -0.05) is 12.1 Å². The summed E-state index contributed by atoms with van der Waals surface area (Å²) < 4.78 is 5.20. The summed E-state index contributed by atoms with van der Waals surface area (Å²) in [4.78, 5) is 0. The first kappa shape index (κ1) is 7.92. The predicted octanol–water partition coefficient (Wildman–Crippen LogP) is 2.96. The molecule has 1 heterocycles. The first-order chi connectivity index (χ1) is 6.27. The fourth-order valence-corrected chi connectivity index (χ4v) is 1.21. The lowest BCUT2D eigenvalue weighted by molar-refractivity contribution is 0.471. The zero-order chi connectivity index (χ0) is 9.26. The van der Waals surface area contributed by atoms with Gasteiger partial charge < -0.3 is 9.52 Å². The number of benzene rings is 1. The van der Waals surface area contributed by atoms with Crippen molar-refractivity contribution >= 4 is 0 Å². The highest BCUT2D eigenvalue weighted by Crippen LogP contribution is 2.25. The van der Waals surface area contributed by atoms with Crippen LogP contribution in [0, 0.1) is 6.92 Å². The third-order valence-corrected chi connectivity index (χ3v) is 2.01. The lowest BCUT2D eigenvalue weighted by Crippen LogP contribution is -1.77. The summed E-state index contributed by atoms with van der Waals surface area (Å²) in [5.74, 6) is 1.07. The van der Waals surface area contributed by atoms with Crippen molar-refractivity contribution in [2.45, 2.75) is 6.92 Å². The van der Waals surface area contributed by atoms with Crippen molar-refractivity contribution in [3.63, 3.8) is 0 Å². The summed E-state index contributed by atoms with van der Waals surface area (Å²) in [6.07, 6.45) is 1.62. The van der Waals surface area contributed by atoms with Crippen molar-refractivity contribution in [3.8, 4) is 17.1 Å². The Hall–Kier alpha value is -1.70. The Morgan fingerprint density at radius 3 is 2.69 bits per heavy atom. The molecule has 0 aliphatic rings. The molecule has 0 radical (unpaired) electrons. The standard InChI is InChI=1S/C11H10O2/c1-8-4-5-9(7-10(8)12)11-3-2-6-13-11/h2-7,12H,1H3. The summed E-state index contributed by atoms with van der Waals surface area (Å²) >= 11 is 0. The van der Waals surface area contributed by atoms with Gasteiger partial charge in [0.15, 0.2) is 0 Å². The van der Waals surface area contributed by atoms with Crippen molar-refractivity contribution in [2.75, 3.05) is 0 Å². The van der Waals surface area contributed by atoms with Crippen molar-refractivity contribution in [2.24, 2.45) is 0 Å². The molecule has 1 aromatic carbocycles. The minimum Gasteiger partial charge on any atom is -0.508 e. The lowest BCUT2D eigenvalue weighted by Gasteiger charge is -2.00. The third-order valence-electron chi connectivity index (χ3n) is 2.01. The average Bonchev–Trinajstić information content (AvgIpc) is 2.62. The molecular weight excluding hydrogens is 164 g/mol. The van der Waals surface area contributed by atoms with Crippen LogP contribution in [-0.2, 0) is 0 Å². The Bertz CT molecular complexity index is 402. The fraction of sp³-hybridized carbons (Fsp3) is 0.0909. The van der Waals surface area contributed by atoms with E-state index in [1.807, 2.05) is 31.2 Å². The molecule has 0 amide bonds. The Morgan fingerprint density at radius 1 is 1.23 bits per heavy atom. The number of phenols is 1. The zero-order valence-electron chi connectivity index (χ0n) is 7.32. The zero-order valence-corrected chi connectivity index (χ0v) is 7.32. The molecule has 2 heteroatoms. The quantitative estimate of drug-likeness (QED) is 0.721. The van der Waals surface area contributed by atoms with Crippen LogP contribution in [0.15, 0.2) is 41.0 Å². The smallest absolute Gasteiger partial charge is 0.133 e. The number of rotatable bonds is 1. The van der Waals surface area contributed by atoms with Crippen LogP contribution in [0.5, 0.6) is 5.75 Å². The van der Waals surface area contributed by atoms with E-state index in [-0.39, 0.29) is 0 Å². The summed E-state index contributed by atoms with van der Waals surface area (Å²) in [5, 5.41) is 9.46. The van der Waals surface area contributed by atoms with E-state index in [0.29, 0.717) is 5.75 Å². The molecule has 0 saturated carbocycles. The van der Waals surface area contributed by atoms with E-state index in [0.717, 1.165) is 16.9 Å². The van der Waals surface area contributed by atoms with E-state index >= 15 is 0 Å². The van der Waals surface area contributed by atoms with E-state index in [1.54, 1.807) is 12.3 Å². The van der Waals surface area contributed by atoms with Gasteiger partial charge in [0, 0.05) is 5.56 Å². The number of hydrogen-bond acceptors (Lipinski definition) is 2. The Labute approximate surface area is 76.4 Å². The molecule has 13 heavy (non-hydrogen) atoms. The number of aromatic hydroxyl groups is 1. The van der Waals surface area contributed by atoms with Gasteiger partial charge in [0.1, 0.15) is 11.5 Å². The number of aryl methyl sites for hydroxylation is 1. The summed E-state index contributed by atoms with van der Waals surface area (Å²) in [5.41, 5.74) is 1.77. The molecule has 1 aromatic heterocycles. The highest BCUT2D eigenvalue weighted by molar-refractivity contribution is 5.60. The van der Waals surface area contributed by atoms with Crippen LogP contribution < -0.4 is 0 Å². The predicted molar refractivity (Wildman–Crippen MR) is 50.5 cm³/mol. The molecule has 2 aromatic rings. The monoisotopic (exact) mass is 174 g/mol. The maximum absolute atomic E-state index is 9.46. The van der Waals surface area contributed by atoms with Gasteiger partial charge in [-0.2, -0.15) is 0 Å². The maximum atomic E-state index is 9.46. The molecule has 0 atom stereocenters. The molecule has 0 unspecified atom stereocenters. The van der Waals surface area contributed by atoms with Gasteiger partial charge in [0.05, 0.1) is 6.26 Å². The van der Waals surface area contributed by atoms with Crippen LogP contribution >= 0.6 is 0 Å². The van der Waals surface area contributed by atoms with Crippen LogP contribution in [0.1, 0.15) is 5.56 Å². The van der Waals surface area contributed by atoms with Crippen LogP contribution in [0.25, 0.3) is 11.3 Å². The van der Waals surface area contributed by atoms with E-state index in [4.69, 9.17) is 4.42 Å². The topological polar surface area (TPSA) is 33.4 Å². The molecule has 0 saturated heterocycles. The Morgan fingerprint density at radius 2 is 2.08 bits per heavy atom. The van der Waals surface area contributed by atoms with E-state index in [2.05, 4.69) is 0 Å². The molecule has 0 spiro atoms. The highest BCUT2D eigenvalue weighted by Gasteiger charge is 2.02. The van der Waals surface area contributed by atoms with Crippen molar-refractivity contribution in [3.05, 3.63) is 42.2 Å². The summed E-state index contributed by atoms with van der Waals surface area (Å²) in [6, 6.07) is 9.19. The summed E-state index contributed by atoms with van der Waals surface area (Å²) in [6.45, 7) is 1.86. The molecule has 0 aliphatic heterocycles. The van der Waals surface area contributed by atoms with Crippen LogP contribution in [0.2, 0.25) is 0 Å². The van der Waals surface area contributed by atoms with Crippen molar-refractivity contribution in [1.82, 2.24) is 0 Å². The molecule has 0 fully saturated rings. The van der Waals surface area contributed by atoms with E-state index < -0.39 is 0 Å². The SMILES string of the molecule is Cc1ccc(-c2ccco2)cc1O. The molecule has 2 nitrogen and oxygen atoms in total.